The Bertz CT molecular complexity index is 573. The number of nitrogens with zero attached hydrogens (tertiary/aromatic N) is 1. The van der Waals surface area contributed by atoms with E-state index in [2.05, 4.69) is 10.6 Å². The van der Waals surface area contributed by atoms with E-state index in [1.165, 1.54) is 4.90 Å². The van der Waals surface area contributed by atoms with Crippen LogP contribution in [-0.2, 0) is 9.59 Å². The van der Waals surface area contributed by atoms with E-state index in [1.807, 2.05) is 6.92 Å². The van der Waals surface area contributed by atoms with Crippen LogP contribution in [0.5, 0.6) is 5.75 Å². The Morgan fingerprint density at radius 3 is 2.50 bits per heavy atom. The number of rotatable bonds is 9. The van der Waals surface area contributed by atoms with Gasteiger partial charge in [0, 0.05) is 27.1 Å². The molecule has 0 radical (unpaired) electrons. The molecule has 3 amide bonds. The third-order valence-electron chi connectivity index (χ3n) is 3.23. The van der Waals surface area contributed by atoms with Gasteiger partial charge in [0.15, 0.2) is 0 Å². The molecule has 0 saturated heterocycles. The van der Waals surface area contributed by atoms with Crippen molar-refractivity contribution in [3.05, 3.63) is 29.8 Å². The average Bonchev–Trinajstić information content (AvgIpc) is 2.57. The first-order valence-corrected chi connectivity index (χ1v) is 7.92. The fourth-order valence-corrected chi connectivity index (χ4v) is 1.90. The van der Waals surface area contributed by atoms with Gasteiger partial charge in [-0.2, -0.15) is 0 Å². The molecule has 0 aliphatic rings. The molecule has 0 heterocycles. The van der Waals surface area contributed by atoms with E-state index in [4.69, 9.17) is 4.74 Å². The van der Waals surface area contributed by atoms with Gasteiger partial charge in [-0.1, -0.05) is 12.1 Å². The number of amides is 3. The van der Waals surface area contributed by atoms with Crippen LogP contribution in [0, 0.1) is 0 Å². The quantitative estimate of drug-likeness (QED) is 0.654. The lowest BCUT2D eigenvalue weighted by molar-refractivity contribution is -0.130. The van der Waals surface area contributed by atoms with E-state index in [9.17, 15) is 14.4 Å². The second-order valence-electron chi connectivity index (χ2n) is 5.35. The van der Waals surface area contributed by atoms with Crippen molar-refractivity contribution in [1.29, 1.82) is 0 Å². The Hall–Kier alpha value is -2.57. The number of carbonyl (C=O) groups is 3. The second-order valence-corrected chi connectivity index (χ2v) is 5.35. The normalized spacial score (nSPS) is 9.96. The van der Waals surface area contributed by atoms with Gasteiger partial charge in [0.2, 0.25) is 11.8 Å². The molecule has 0 aromatic heterocycles. The van der Waals surface area contributed by atoms with Crippen LogP contribution in [0.3, 0.4) is 0 Å². The van der Waals surface area contributed by atoms with E-state index in [0.29, 0.717) is 30.9 Å². The Morgan fingerprint density at radius 1 is 1.12 bits per heavy atom. The third-order valence-corrected chi connectivity index (χ3v) is 3.23. The smallest absolute Gasteiger partial charge is 0.255 e. The van der Waals surface area contributed by atoms with E-state index in [1.54, 1.807) is 38.4 Å². The van der Waals surface area contributed by atoms with Crippen LogP contribution >= 0.6 is 0 Å². The molecular formula is C17H25N3O4. The first-order chi connectivity index (χ1) is 11.5. The minimum absolute atomic E-state index is 0.0140. The van der Waals surface area contributed by atoms with Gasteiger partial charge < -0.3 is 20.3 Å². The fourth-order valence-electron chi connectivity index (χ4n) is 1.90. The highest BCUT2D eigenvalue weighted by atomic mass is 16.5. The zero-order valence-electron chi connectivity index (χ0n) is 14.4. The van der Waals surface area contributed by atoms with Gasteiger partial charge in [0.25, 0.3) is 5.91 Å². The third kappa shape index (κ3) is 6.68. The lowest BCUT2D eigenvalue weighted by Crippen LogP contribution is -2.36. The number of likely N-dealkylation sites (N-methyl/N-ethyl adjacent to an activating group) is 1. The maximum Gasteiger partial charge on any atom is 0.255 e. The van der Waals surface area contributed by atoms with E-state index in [-0.39, 0.29) is 30.7 Å². The summed E-state index contributed by atoms with van der Waals surface area (Å²) in [6.45, 7) is 2.69. The highest BCUT2D eigenvalue weighted by Crippen LogP contribution is 2.17. The summed E-state index contributed by atoms with van der Waals surface area (Å²) < 4.78 is 5.42. The lowest BCUT2D eigenvalue weighted by Gasteiger charge is -2.11. The maximum absolute atomic E-state index is 12.1. The molecule has 1 rings (SSSR count). The van der Waals surface area contributed by atoms with Gasteiger partial charge in [-0.05, 0) is 25.5 Å². The number of para-hydroxylation sites is 1. The molecule has 0 fully saturated rings. The molecule has 1 aromatic carbocycles. The molecule has 7 heteroatoms. The highest BCUT2D eigenvalue weighted by molar-refractivity contribution is 5.96. The minimum atomic E-state index is -0.234. The molecule has 7 nitrogen and oxygen atoms in total. The topological polar surface area (TPSA) is 87.7 Å². The number of nitrogens with one attached hydrogen (secondary N) is 2. The second kappa shape index (κ2) is 10.3. The van der Waals surface area contributed by atoms with E-state index in [0.717, 1.165) is 0 Å². The average molecular weight is 335 g/mol. The molecule has 0 aliphatic carbocycles. The number of ether oxygens (including phenoxy) is 1. The molecule has 0 unspecified atom stereocenters. The molecule has 0 saturated carbocycles. The van der Waals surface area contributed by atoms with Gasteiger partial charge in [0.05, 0.1) is 18.7 Å². The number of carbonyl (C=O) groups excluding carboxylic acids is 3. The molecule has 132 valence electrons. The summed E-state index contributed by atoms with van der Waals surface area (Å²) in [5, 5.41) is 5.31. The van der Waals surface area contributed by atoms with Crippen LogP contribution in [0.1, 0.15) is 30.1 Å². The molecule has 0 aliphatic heterocycles. The van der Waals surface area contributed by atoms with Gasteiger partial charge in [0.1, 0.15) is 5.75 Å². The van der Waals surface area contributed by atoms with Crippen molar-refractivity contribution in [2.45, 2.75) is 19.8 Å². The van der Waals surface area contributed by atoms with Crippen molar-refractivity contribution in [2.75, 3.05) is 33.8 Å². The number of hydrogen-bond donors (Lipinski definition) is 2. The fraction of sp³-hybridized carbons (Fsp3) is 0.471. The summed E-state index contributed by atoms with van der Waals surface area (Å²) in [4.78, 5) is 36.5. The van der Waals surface area contributed by atoms with Crippen molar-refractivity contribution in [3.63, 3.8) is 0 Å². The molecular weight excluding hydrogens is 310 g/mol. The van der Waals surface area contributed by atoms with Crippen molar-refractivity contribution in [3.8, 4) is 5.75 Å². The molecule has 1 aromatic rings. The van der Waals surface area contributed by atoms with Crippen molar-refractivity contribution in [2.24, 2.45) is 0 Å². The Morgan fingerprint density at radius 2 is 1.83 bits per heavy atom. The zero-order chi connectivity index (χ0) is 17.9. The standard InChI is InChI=1S/C17H25N3O4/c1-4-24-14-9-6-5-8-13(14)17(23)18-11-7-10-15(21)19-12-16(22)20(2)3/h5-6,8-9H,4,7,10-12H2,1-3H3,(H,18,23)(H,19,21). The number of benzene rings is 1. The largest absolute Gasteiger partial charge is 0.493 e. The predicted octanol–water partition coefficient (Wildman–Crippen LogP) is 0.800. The highest BCUT2D eigenvalue weighted by Gasteiger charge is 2.11. The maximum atomic E-state index is 12.1. The minimum Gasteiger partial charge on any atom is -0.493 e. The molecule has 0 bridgehead atoms. The van der Waals surface area contributed by atoms with Gasteiger partial charge in [-0.15, -0.1) is 0 Å². The molecule has 24 heavy (non-hydrogen) atoms. The summed E-state index contributed by atoms with van der Waals surface area (Å²) in [6.07, 6.45) is 0.735. The SMILES string of the molecule is CCOc1ccccc1C(=O)NCCCC(=O)NCC(=O)N(C)C. The van der Waals surface area contributed by atoms with Crippen LogP contribution in [0.2, 0.25) is 0 Å². The molecule has 0 spiro atoms. The molecule has 2 N–H and O–H groups in total. The Balaban J connectivity index is 2.31. The van der Waals surface area contributed by atoms with Crippen LogP contribution in [0.4, 0.5) is 0 Å². The first kappa shape index (κ1) is 19.5. The van der Waals surface area contributed by atoms with Crippen LogP contribution in [0.25, 0.3) is 0 Å². The van der Waals surface area contributed by atoms with Crippen molar-refractivity contribution >= 4 is 17.7 Å². The van der Waals surface area contributed by atoms with Gasteiger partial charge in [-0.25, -0.2) is 0 Å². The summed E-state index contributed by atoms with van der Waals surface area (Å²) in [5.74, 6) is -0.0713. The van der Waals surface area contributed by atoms with Gasteiger partial charge >= 0.3 is 0 Å². The van der Waals surface area contributed by atoms with Crippen molar-refractivity contribution < 1.29 is 19.1 Å². The summed E-state index contributed by atoms with van der Waals surface area (Å²) >= 11 is 0. The summed E-state index contributed by atoms with van der Waals surface area (Å²) in [6, 6.07) is 7.02. The molecule has 0 atom stereocenters. The predicted molar refractivity (Wildman–Crippen MR) is 90.9 cm³/mol. The Kier molecular flexibility index (Phi) is 8.32. The first-order valence-electron chi connectivity index (χ1n) is 7.92. The Labute approximate surface area is 142 Å². The summed E-state index contributed by atoms with van der Waals surface area (Å²) in [5.41, 5.74) is 0.473. The van der Waals surface area contributed by atoms with Crippen LogP contribution in [0.15, 0.2) is 24.3 Å². The summed E-state index contributed by atoms with van der Waals surface area (Å²) in [7, 11) is 3.26. The monoisotopic (exact) mass is 335 g/mol. The zero-order valence-corrected chi connectivity index (χ0v) is 14.4. The van der Waals surface area contributed by atoms with Crippen LogP contribution in [-0.4, -0.2) is 56.4 Å². The van der Waals surface area contributed by atoms with Crippen molar-refractivity contribution in [1.82, 2.24) is 15.5 Å². The van der Waals surface area contributed by atoms with E-state index < -0.39 is 0 Å². The van der Waals surface area contributed by atoms with E-state index >= 15 is 0 Å². The number of hydrogen-bond acceptors (Lipinski definition) is 4. The van der Waals surface area contributed by atoms with Gasteiger partial charge in [-0.3, -0.25) is 14.4 Å². The van der Waals surface area contributed by atoms with Crippen LogP contribution < -0.4 is 15.4 Å². The lowest BCUT2D eigenvalue weighted by atomic mass is 10.2.